The fourth-order valence-electron chi connectivity index (χ4n) is 4.77. The monoisotopic (exact) mass is 495 g/mol. The molecule has 1 aromatic heterocycles. The smallest absolute Gasteiger partial charge is 0.269 e. The lowest BCUT2D eigenvalue weighted by Gasteiger charge is -2.26. The van der Waals surface area contributed by atoms with E-state index in [1.54, 1.807) is 6.07 Å². The number of nitrogens with one attached hydrogen (secondary N) is 2. The van der Waals surface area contributed by atoms with Crippen LogP contribution in [0.15, 0.2) is 58.4 Å². The first-order valence-corrected chi connectivity index (χ1v) is 12.9. The maximum absolute atomic E-state index is 13.5. The Hall–Kier alpha value is -3.43. The van der Waals surface area contributed by atoms with Crippen molar-refractivity contribution < 1.29 is 17.9 Å². The van der Waals surface area contributed by atoms with Gasteiger partial charge in [-0.3, -0.25) is 14.5 Å². The highest BCUT2D eigenvalue weighted by Gasteiger charge is 2.39. The lowest BCUT2D eigenvalue weighted by atomic mass is 9.99. The van der Waals surface area contributed by atoms with E-state index in [1.165, 1.54) is 18.3 Å². The minimum absolute atomic E-state index is 0.419. The summed E-state index contributed by atoms with van der Waals surface area (Å²) in [6.45, 7) is 9.32. The van der Waals surface area contributed by atoms with Gasteiger partial charge in [0.05, 0.1) is 6.61 Å². The quantitative estimate of drug-likeness (QED) is 0.521. The second-order valence-electron chi connectivity index (χ2n) is 8.77. The molecular weight excluding hydrogens is 466 g/mol. The Balaban J connectivity index is 1.74. The lowest BCUT2D eigenvalue weighted by molar-refractivity contribution is -0.124. The number of benzene rings is 2. The number of rotatable bonds is 7. The van der Waals surface area contributed by atoms with E-state index in [4.69, 9.17) is 4.74 Å². The topological polar surface area (TPSA) is 109 Å². The van der Waals surface area contributed by atoms with E-state index in [0.717, 1.165) is 27.8 Å². The lowest BCUT2D eigenvalue weighted by Crippen LogP contribution is -2.41. The van der Waals surface area contributed by atoms with Crippen molar-refractivity contribution in [3.05, 3.63) is 92.4 Å². The van der Waals surface area contributed by atoms with Gasteiger partial charge in [0.15, 0.2) is 4.90 Å². The van der Waals surface area contributed by atoms with E-state index in [2.05, 4.69) is 21.8 Å². The van der Waals surface area contributed by atoms with Gasteiger partial charge in [0.25, 0.3) is 21.5 Å². The summed E-state index contributed by atoms with van der Waals surface area (Å²) in [6.07, 6.45) is 1.33. The average molecular weight is 496 g/mol. The van der Waals surface area contributed by atoms with E-state index in [-0.39, 0.29) is 0 Å². The molecular formula is C26H29N3O5S. The standard InChI is InChI=1S/C26H29N3O5S/c1-5-34-22-9-6-8-19-21(22)15-29(14-20-17(3)12-16(2)13-18(20)4)24(19)26(31)28-35(32,33)23-10-7-11-27-25(23)30/h6-13,24H,5,14-15H2,1-4H3,(H,27,30)(H,28,31). The first kappa shape index (κ1) is 24.7. The van der Waals surface area contributed by atoms with Gasteiger partial charge in [0.2, 0.25) is 0 Å². The molecule has 184 valence electrons. The van der Waals surface area contributed by atoms with Crippen LogP contribution in [-0.2, 0) is 27.9 Å². The summed E-state index contributed by atoms with van der Waals surface area (Å²) in [4.78, 5) is 29.4. The zero-order valence-electron chi connectivity index (χ0n) is 20.2. The number of sulfonamides is 1. The van der Waals surface area contributed by atoms with Crippen LogP contribution in [0.4, 0.5) is 0 Å². The third-order valence-corrected chi connectivity index (χ3v) is 7.62. The molecule has 3 aromatic rings. The van der Waals surface area contributed by atoms with Crippen molar-refractivity contribution in [3.63, 3.8) is 0 Å². The van der Waals surface area contributed by atoms with E-state index >= 15 is 0 Å². The van der Waals surface area contributed by atoms with Crippen LogP contribution in [0, 0.1) is 20.8 Å². The molecule has 0 bridgehead atoms. The van der Waals surface area contributed by atoms with Crippen molar-refractivity contribution >= 4 is 15.9 Å². The molecule has 1 amide bonds. The minimum atomic E-state index is -4.37. The summed E-state index contributed by atoms with van der Waals surface area (Å²) in [5.74, 6) is -0.0481. The number of amides is 1. The van der Waals surface area contributed by atoms with Crippen LogP contribution in [-0.4, -0.2) is 30.8 Å². The molecule has 0 radical (unpaired) electrons. The summed E-state index contributed by atoms with van der Waals surface area (Å²) >= 11 is 0. The average Bonchev–Trinajstić information content (AvgIpc) is 3.15. The molecule has 0 aliphatic carbocycles. The Morgan fingerprint density at radius 2 is 1.86 bits per heavy atom. The number of aryl methyl sites for hydroxylation is 3. The van der Waals surface area contributed by atoms with E-state index in [0.29, 0.717) is 31.0 Å². The van der Waals surface area contributed by atoms with Gasteiger partial charge in [-0.05, 0) is 68.1 Å². The molecule has 9 heteroatoms. The molecule has 0 saturated heterocycles. The predicted octanol–water partition coefficient (Wildman–Crippen LogP) is 3.26. The highest BCUT2D eigenvalue weighted by Crippen LogP contribution is 2.40. The maximum Gasteiger partial charge on any atom is 0.269 e. The van der Waals surface area contributed by atoms with Gasteiger partial charge in [-0.15, -0.1) is 0 Å². The number of hydrogen-bond donors (Lipinski definition) is 2. The number of carbonyl (C=O) groups is 1. The second-order valence-corrected chi connectivity index (χ2v) is 10.4. The summed E-state index contributed by atoms with van der Waals surface area (Å²) in [5.41, 5.74) is 5.19. The number of nitrogens with zero attached hydrogens (tertiary/aromatic N) is 1. The van der Waals surface area contributed by atoms with Crippen LogP contribution < -0.4 is 15.0 Å². The molecule has 0 spiro atoms. The summed E-state index contributed by atoms with van der Waals surface area (Å²) < 4.78 is 33.8. The number of aromatic nitrogens is 1. The molecule has 35 heavy (non-hydrogen) atoms. The van der Waals surface area contributed by atoms with Crippen LogP contribution in [0.25, 0.3) is 0 Å². The van der Waals surface area contributed by atoms with Crippen LogP contribution >= 0.6 is 0 Å². The van der Waals surface area contributed by atoms with Crippen molar-refractivity contribution in [2.75, 3.05) is 6.61 Å². The number of ether oxygens (including phenoxy) is 1. The van der Waals surface area contributed by atoms with Crippen molar-refractivity contribution in [2.24, 2.45) is 0 Å². The largest absolute Gasteiger partial charge is 0.494 e. The Kier molecular flexibility index (Phi) is 6.82. The summed E-state index contributed by atoms with van der Waals surface area (Å²) in [5, 5.41) is 0. The fourth-order valence-corrected chi connectivity index (χ4v) is 5.81. The van der Waals surface area contributed by atoms with Gasteiger partial charge < -0.3 is 9.72 Å². The van der Waals surface area contributed by atoms with Crippen molar-refractivity contribution in [1.29, 1.82) is 0 Å². The zero-order chi connectivity index (χ0) is 25.3. The fraction of sp³-hybridized carbons (Fsp3) is 0.308. The van der Waals surface area contributed by atoms with Gasteiger partial charge >= 0.3 is 0 Å². The van der Waals surface area contributed by atoms with Crippen molar-refractivity contribution in [3.8, 4) is 5.75 Å². The van der Waals surface area contributed by atoms with Crippen LogP contribution in [0.1, 0.15) is 46.3 Å². The van der Waals surface area contributed by atoms with Gasteiger partial charge in [-0.1, -0.05) is 29.8 Å². The van der Waals surface area contributed by atoms with Crippen LogP contribution in [0.3, 0.4) is 0 Å². The molecule has 0 fully saturated rings. The minimum Gasteiger partial charge on any atom is -0.494 e. The zero-order valence-corrected chi connectivity index (χ0v) is 21.0. The number of aromatic amines is 1. The molecule has 0 saturated carbocycles. The molecule has 1 aliphatic rings. The van der Waals surface area contributed by atoms with Crippen molar-refractivity contribution in [2.45, 2.75) is 51.7 Å². The van der Waals surface area contributed by atoms with Crippen molar-refractivity contribution in [1.82, 2.24) is 14.6 Å². The first-order valence-electron chi connectivity index (χ1n) is 11.4. The molecule has 1 aliphatic heterocycles. The van der Waals surface area contributed by atoms with E-state index < -0.39 is 32.4 Å². The van der Waals surface area contributed by atoms with Gasteiger partial charge in [0, 0.05) is 24.8 Å². The number of carbonyl (C=O) groups excluding carboxylic acids is 1. The third kappa shape index (κ3) is 4.87. The normalized spacial score (nSPS) is 15.6. The van der Waals surface area contributed by atoms with Crippen LogP contribution in [0.5, 0.6) is 5.75 Å². The number of pyridine rings is 1. The maximum atomic E-state index is 13.5. The summed E-state index contributed by atoms with van der Waals surface area (Å²) in [6, 6.07) is 11.4. The van der Waals surface area contributed by atoms with E-state index in [1.807, 2.05) is 44.7 Å². The Morgan fingerprint density at radius 3 is 2.51 bits per heavy atom. The molecule has 1 unspecified atom stereocenters. The molecule has 4 rings (SSSR count). The molecule has 2 aromatic carbocycles. The number of hydrogen-bond acceptors (Lipinski definition) is 6. The van der Waals surface area contributed by atoms with Gasteiger partial charge in [0.1, 0.15) is 11.8 Å². The predicted molar refractivity (Wildman–Crippen MR) is 133 cm³/mol. The SMILES string of the molecule is CCOc1cccc2c1CN(Cc1c(C)cc(C)cc1C)C2C(=O)NS(=O)(=O)c1ccc[nH]c1=O. The number of H-pyrrole nitrogens is 1. The first-order chi connectivity index (χ1) is 16.6. The number of fused-ring (bicyclic) bond motifs is 1. The molecule has 8 nitrogen and oxygen atoms in total. The Morgan fingerprint density at radius 1 is 1.14 bits per heavy atom. The highest BCUT2D eigenvalue weighted by atomic mass is 32.2. The Bertz CT molecular complexity index is 1420. The Labute approximate surface area is 205 Å². The van der Waals surface area contributed by atoms with E-state index in [9.17, 15) is 18.0 Å². The highest BCUT2D eigenvalue weighted by molar-refractivity contribution is 7.90. The molecule has 1 atom stereocenters. The molecule has 2 N–H and O–H groups in total. The van der Waals surface area contributed by atoms with Crippen LogP contribution in [0.2, 0.25) is 0 Å². The summed E-state index contributed by atoms with van der Waals surface area (Å²) in [7, 11) is -4.37. The molecule has 2 heterocycles. The van der Waals surface area contributed by atoms with Gasteiger partial charge in [-0.2, -0.15) is 0 Å². The third-order valence-electron chi connectivity index (χ3n) is 6.25. The second kappa shape index (κ2) is 9.67. The van der Waals surface area contributed by atoms with Gasteiger partial charge in [-0.25, -0.2) is 13.1 Å².